The Morgan fingerprint density at radius 2 is 1.04 bits per heavy atom. The van der Waals surface area contributed by atoms with Crippen LogP contribution in [0.3, 0.4) is 0 Å². The van der Waals surface area contributed by atoms with Crippen molar-refractivity contribution in [1.29, 1.82) is 0 Å². The van der Waals surface area contributed by atoms with Gasteiger partial charge >= 0.3 is 0 Å². The minimum Gasteiger partial charge on any atom is -0.352 e. The van der Waals surface area contributed by atoms with Crippen molar-refractivity contribution in [3.63, 3.8) is 0 Å². The van der Waals surface area contributed by atoms with E-state index in [1.54, 1.807) is 0 Å². The van der Waals surface area contributed by atoms with Crippen LogP contribution < -0.4 is 0 Å². The van der Waals surface area contributed by atoms with Crippen LogP contribution in [0.5, 0.6) is 0 Å². The summed E-state index contributed by atoms with van der Waals surface area (Å²) in [5.41, 5.74) is 0. The number of hydrogen-bond donors (Lipinski definition) is 0. The van der Waals surface area contributed by atoms with Crippen molar-refractivity contribution in [3.05, 3.63) is 36.5 Å². The lowest BCUT2D eigenvalue weighted by atomic mass is 9.83. The molecule has 0 N–H and O–H groups in total. The highest BCUT2D eigenvalue weighted by Crippen LogP contribution is 2.33. The van der Waals surface area contributed by atoms with Gasteiger partial charge in [0, 0.05) is 5.92 Å². The van der Waals surface area contributed by atoms with Crippen LogP contribution in [0.1, 0.15) is 59.3 Å². The van der Waals surface area contributed by atoms with E-state index in [-0.39, 0.29) is 6.29 Å². The fraction of sp³-hybridized carbons (Fsp3) is 0.750. The smallest absolute Gasteiger partial charge is 0.160 e. The van der Waals surface area contributed by atoms with E-state index in [0.717, 1.165) is 38.9 Å². The molecule has 146 valence electrons. The summed E-state index contributed by atoms with van der Waals surface area (Å²) in [5, 5.41) is 0. The van der Waals surface area contributed by atoms with Crippen molar-refractivity contribution in [3.8, 4) is 0 Å². The van der Waals surface area contributed by atoms with Gasteiger partial charge in [0.1, 0.15) is 0 Å². The summed E-state index contributed by atoms with van der Waals surface area (Å²) in [5.74, 6) is 3.83. The molecule has 0 aromatic heterocycles. The van der Waals surface area contributed by atoms with E-state index in [1.165, 1.54) is 12.8 Å². The predicted molar refractivity (Wildman–Crippen MR) is 109 cm³/mol. The molecule has 0 radical (unpaired) electrons. The van der Waals surface area contributed by atoms with Crippen LogP contribution in [0.15, 0.2) is 36.5 Å². The summed E-state index contributed by atoms with van der Waals surface area (Å²) in [4.78, 5) is 0. The quantitative estimate of drug-likeness (QED) is 0.401. The molecular weight excluding hydrogens is 320 g/mol. The highest BCUT2D eigenvalue weighted by Gasteiger charge is 2.31. The first-order valence-electron chi connectivity index (χ1n) is 10.8. The van der Waals surface area contributed by atoms with Gasteiger partial charge in [-0.1, -0.05) is 57.2 Å². The van der Waals surface area contributed by atoms with Crippen LogP contribution in [0.25, 0.3) is 0 Å². The molecule has 3 aliphatic carbocycles. The molecule has 0 saturated heterocycles. The zero-order valence-electron chi connectivity index (χ0n) is 17.0. The fourth-order valence-electron chi connectivity index (χ4n) is 4.56. The van der Waals surface area contributed by atoms with Crippen molar-refractivity contribution in [2.24, 2.45) is 35.5 Å². The molecule has 0 heterocycles. The van der Waals surface area contributed by atoms with Crippen molar-refractivity contribution >= 4 is 0 Å². The largest absolute Gasteiger partial charge is 0.352 e. The van der Waals surface area contributed by atoms with E-state index in [9.17, 15) is 0 Å². The maximum Gasteiger partial charge on any atom is 0.160 e. The minimum absolute atomic E-state index is 0.0498. The molecule has 0 aromatic rings. The summed E-state index contributed by atoms with van der Waals surface area (Å²) in [6.45, 7) is 8.74. The van der Waals surface area contributed by atoms with Gasteiger partial charge in [0.2, 0.25) is 0 Å². The van der Waals surface area contributed by atoms with Crippen molar-refractivity contribution in [2.45, 2.75) is 65.6 Å². The Labute approximate surface area is 160 Å². The SMILES string of the molecule is C[C@@H]1CC=CC[C@@H]1COC(OC[C@@H]1CC=CC[C@@H]1C)[C@@H]1CC=CC[C@H]1C. The minimum atomic E-state index is -0.0498. The first-order chi connectivity index (χ1) is 12.6. The first kappa shape index (κ1) is 19.9. The maximum atomic E-state index is 6.48. The van der Waals surface area contributed by atoms with Crippen LogP contribution in [0.4, 0.5) is 0 Å². The van der Waals surface area contributed by atoms with Gasteiger partial charge in [0.15, 0.2) is 6.29 Å². The summed E-state index contributed by atoms with van der Waals surface area (Å²) in [6, 6.07) is 0. The molecule has 2 heteroatoms. The molecule has 0 aliphatic heterocycles. The van der Waals surface area contributed by atoms with E-state index in [0.29, 0.717) is 35.5 Å². The van der Waals surface area contributed by atoms with E-state index < -0.39 is 0 Å². The van der Waals surface area contributed by atoms with Gasteiger partial charge in [0.25, 0.3) is 0 Å². The summed E-state index contributed by atoms with van der Waals surface area (Å²) >= 11 is 0. The van der Waals surface area contributed by atoms with Gasteiger partial charge in [-0.2, -0.15) is 0 Å². The second-order valence-electron chi connectivity index (χ2n) is 8.98. The zero-order chi connectivity index (χ0) is 18.4. The molecule has 0 saturated carbocycles. The molecule has 2 nitrogen and oxygen atoms in total. The molecule has 0 spiro atoms. The van der Waals surface area contributed by atoms with Crippen molar-refractivity contribution in [1.82, 2.24) is 0 Å². The second-order valence-corrected chi connectivity index (χ2v) is 8.98. The van der Waals surface area contributed by atoms with Gasteiger partial charge in [0.05, 0.1) is 13.2 Å². The molecule has 0 amide bonds. The lowest BCUT2D eigenvalue weighted by molar-refractivity contribution is -0.197. The third kappa shape index (κ3) is 5.33. The highest BCUT2D eigenvalue weighted by molar-refractivity contribution is 4.96. The number of hydrogen-bond acceptors (Lipinski definition) is 2. The third-order valence-corrected chi connectivity index (χ3v) is 6.95. The van der Waals surface area contributed by atoms with E-state index in [1.807, 2.05) is 0 Å². The standard InChI is InChI=1S/C24H38O2/c1-18-10-4-7-13-21(18)16-25-24(23-15-9-6-12-20(23)3)26-17-22-14-8-5-11-19(22)2/h4-9,18-24H,10-17H2,1-3H3/t18-,19+,20-,21-,22+,23-,24?/m1/s1. The van der Waals surface area contributed by atoms with Gasteiger partial charge in [-0.05, 0) is 68.1 Å². The Bertz CT molecular complexity index is 474. The lowest BCUT2D eigenvalue weighted by Gasteiger charge is -2.36. The van der Waals surface area contributed by atoms with Crippen molar-refractivity contribution in [2.75, 3.05) is 13.2 Å². The van der Waals surface area contributed by atoms with E-state index in [4.69, 9.17) is 9.47 Å². The fourth-order valence-corrected chi connectivity index (χ4v) is 4.56. The maximum absolute atomic E-state index is 6.48. The van der Waals surface area contributed by atoms with Gasteiger partial charge in [-0.3, -0.25) is 0 Å². The molecule has 3 aliphatic rings. The van der Waals surface area contributed by atoms with E-state index >= 15 is 0 Å². The number of ether oxygens (including phenoxy) is 2. The highest BCUT2D eigenvalue weighted by atomic mass is 16.7. The van der Waals surface area contributed by atoms with Gasteiger partial charge in [-0.15, -0.1) is 0 Å². The normalized spacial score (nSPS) is 38.4. The Balaban J connectivity index is 1.58. The van der Waals surface area contributed by atoms with Crippen LogP contribution in [0.2, 0.25) is 0 Å². The second kappa shape index (κ2) is 9.90. The first-order valence-corrected chi connectivity index (χ1v) is 10.8. The molecule has 0 bridgehead atoms. The Hall–Kier alpha value is -0.860. The summed E-state index contributed by atoms with van der Waals surface area (Å²) in [6.07, 6.45) is 20.8. The Morgan fingerprint density at radius 1 is 0.615 bits per heavy atom. The predicted octanol–water partition coefficient (Wildman–Crippen LogP) is 6.15. The van der Waals surface area contributed by atoms with Gasteiger partial charge in [-0.25, -0.2) is 0 Å². The van der Waals surface area contributed by atoms with Crippen molar-refractivity contribution < 1.29 is 9.47 Å². The number of allylic oxidation sites excluding steroid dienone is 6. The van der Waals surface area contributed by atoms with Gasteiger partial charge < -0.3 is 9.47 Å². The summed E-state index contributed by atoms with van der Waals surface area (Å²) < 4.78 is 13.0. The Kier molecular flexibility index (Phi) is 7.57. The molecule has 1 unspecified atom stereocenters. The molecule has 7 atom stereocenters. The molecule has 0 fully saturated rings. The molecular formula is C24H38O2. The molecule has 3 rings (SSSR count). The van der Waals surface area contributed by atoms with Crippen LogP contribution >= 0.6 is 0 Å². The average Bonchev–Trinajstić information content (AvgIpc) is 2.65. The summed E-state index contributed by atoms with van der Waals surface area (Å²) in [7, 11) is 0. The lowest BCUT2D eigenvalue weighted by Crippen LogP contribution is -2.36. The molecule has 0 aromatic carbocycles. The number of rotatable bonds is 7. The Morgan fingerprint density at radius 3 is 1.50 bits per heavy atom. The third-order valence-electron chi connectivity index (χ3n) is 6.95. The van der Waals surface area contributed by atoms with E-state index in [2.05, 4.69) is 57.2 Å². The monoisotopic (exact) mass is 358 g/mol. The van der Waals surface area contributed by atoms with Crippen LogP contribution in [0, 0.1) is 35.5 Å². The zero-order valence-corrected chi connectivity index (χ0v) is 17.0. The average molecular weight is 359 g/mol. The van der Waals surface area contributed by atoms with Crippen LogP contribution in [-0.4, -0.2) is 19.5 Å². The molecule has 26 heavy (non-hydrogen) atoms. The van der Waals surface area contributed by atoms with Crippen LogP contribution in [-0.2, 0) is 9.47 Å². The topological polar surface area (TPSA) is 18.5 Å².